The van der Waals surface area contributed by atoms with Crippen LogP contribution in [0.25, 0.3) is 49.9 Å². The minimum atomic E-state index is -0.643. The van der Waals surface area contributed by atoms with Crippen molar-refractivity contribution in [2.45, 2.75) is 40.0 Å². The second kappa shape index (κ2) is 15.9. The van der Waals surface area contributed by atoms with E-state index in [4.69, 9.17) is 9.72 Å². The van der Waals surface area contributed by atoms with E-state index in [1.807, 2.05) is 82.1 Å². The maximum Gasteiger partial charge on any atom is 2.00 e. The van der Waals surface area contributed by atoms with Gasteiger partial charge in [-0.2, -0.15) is 6.07 Å². The number of fused-ring (bicyclic) bond motifs is 4. The summed E-state index contributed by atoms with van der Waals surface area (Å²) < 4.78 is 41.9. The Balaban J connectivity index is 0.00000490. The largest absolute Gasteiger partial charge is 2.00 e. The van der Waals surface area contributed by atoms with Crippen molar-refractivity contribution >= 4 is 50.6 Å². The van der Waals surface area contributed by atoms with Crippen LogP contribution < -0.4 is 13.9 Å². The molecule has 0 saturated carbocycles. The molecule has 0 unspecified atom stereocenters. The summed E-state index contributed by atoms with van der Waals surface area (Å²) in [5, 5.41) is 2.14. The number of para-hydroxylation sites is 4. The number of aromatic nitrogens is 2. The van der Waals surface area contributed by atoms with E-state index < -0.39 is 11.6 Å². The summed E-state index contributed by atoms with van der Waals surface area (Å²) in [5.41, 5.74) is 11.4. The van der Waals surface area contributed by atoms with Crippen molar-refractivity contribution in [1.82, 2.24) is 18.7 Å². The molecule has 9 aromatic rings. The van der Waals surface area contributed by atoms with Crippen molar-refractivity contribution in [3.63, 3.8) is 0 Å². The van der Waals surface area contributed by atoms with Gasteiger partial charge in [0.1, 0.15) is 23.1 Å². The third kappa shape index (κ3) is 7.49. The van der Waals surface area contributed by atoms with Crippen LogP contribution >= 0.6 is 0 Å². The molecule has 10 rings (SSSR count). The van der Waals surface area contributed by atoms with Gasteiger partial charge in [0.25, 0.3) is 11.4 Å². The molecule has 0 amide bonds. The van der Waals surface area contributed by atoms with Gasteiger partial charge in [0, 0.05) is 47.5 Å². The standard InChI is InChI=1S/C54H40F2N4O.Pt/c1-34-22-35(2)24-36(23-34)37-27-42(58-33-59(51-17-11-10-16-50(51)58)48-14-8-6-12-45(48)38-25-40(55)30-41(56)26-38)31-44(28-37)61-43-18-19-47-46-13-7-9-15-49(46)60(52(47)32-43)53-29-39(20-21-57-53)54(3,4)5;/h6-30H,1-5H3;/q;+2. The number of pyridine rings is 1. The van der Waals surface area contributed by atoms with E-state index in [9.17, 15) is 8.78 Å². The zero-order chi connectivity index (χ0) is 42.0. The fourth-order valence-corrected chi connectivity index (χ4v) is 8.35. The molecule has 1 aliphatic rings. The van der Waals surface area contributed by atoms with E-state index in [1.54, 1.807) is 0 Å². The van der Waals surface area contributed by atoms with E-state index in [2.05, 4.69) is 118 Å². The number of nitrogens with zero attached hydrogens (tertiary/aromatic N) is 4. The van der Waals surface area contributed by atoms with Gasteiger partial charge in [0.05, 0.1) is 5.56 Å². The van der Waals surface area contributed by atoms with Gasteiger partial charge in [-0.3, -0.25) is 0 Å². The van der Waals surface area contributed by atoms with Gasteiger partial charge in [-0.05, 0) is 82.3 Å². The van der Waals surface area contributed by atoms with Crippen LogP contribution in [0.15, 0.2) is 152 Å². The first-order chi connectivity index (χ1) is 29.5. The van der Waals surface area contributed by atoms with Crippen LogP contribution in [0.3, 0.4) is 0 Å². The number of halogens is 2. The van der Waals surface area contributed by atoms with Crippen molar-refractivity contribution in [1.29, 1.82) is 0 Å². The third-order valence-electron chi connectivity index (χ3n) is 11.1. The molecule has 0 bridgehead atoms. The summed E-state index contributed by atoms with van der Waals surface area (Å²) in [6.45, 7) is 10.8. The molecule has 0 N–H and O–H groups in total. The Kier molecular flexibility index (Phi) is 10.4. The van der Waals surface area contributed by atoms with Gasteiger partial charge in [-0.15, -0.1) is 29.1 Å². The molecule has 2 aromatic heterocycles. The maximum atomic E-state index is 14.5. The fraction of sp³-hybridized carbons (Fsp3) is 0.111. The van der Waals surface area contributed by atoms with E-state index in [1.165, 1.54) is 17.7 Å². The molecule has 5 nitrogen and oxygen atoms in total. The Morgan fingerprint density at radius 3 is 2.02 bits per heavy atom. The number of aryl methyl sites for hydroxylation is 2. The minimum Gasteiger partial charge on any atom is -0.509 e. The van der Waals surface area contributed by atoms with Crippen LogP contribution in [0.4, 0.5) is 31.5 Å². The average Bonchev–Trinajstić information content (AvgIpc) is 3.79. The van der Waals surface area contributed by atoms with Crippen LogP contribution in [0, 0.1) is 37.6 Å². The summed E-state index contributed by atoms with van der Waals surface area (Å²) in [5.74, 6) is 0.541. The predicted molar refractivity (Wildman–Crippen MR) is 243 cm³/mol. The molecular formula is C54H40F2N4OPt+2. The number of ether oxygens (including phenoxy) is 1. The SMILES string of the molecule is Cc1cc(C)cc(-c2cc(Oc3[c-]c4c(cc3)c3ccccc3n4-c3cc(C(C)(C)C)ccn3)[c-]c([N+]3=C=[N+](c4ccccc4-c4cc(F)cc(F)c4)c4ccccc43)c2)c1.[Pt+2]. The Morgan fingerprint density at radius 1 is 0.613 bits per heavy atom. The Hall–Kier alpha value is -6.78. The van der Waals surface area contributed by atoms with E-state index in [0.717, 1.165) is 67.3 Å². The maximum absolute atomic E-state index is 14.5. The quantitative estimate of drug-likeness (QED) is 0.118. The van der Waals surface area contributed by atoms with E-state index >= 15 is 0 Å². The molecule has 0 spiro atoms. The molecule has 304 valence electrons. The van der Waals surface area contributed by atoms with Crippen molar-refractivity contribution in [3.05, 3.63) is 192 Å². The second-order valence-electron chi connectivity index (χ2n) is 16.6. The molecule has 8 heteroatoms. The van der Waals surface area contributed by atoms with Crippen LogP contribution in [-0.2, 0) is 26.5 Å². The van der Waals surface area contributed by atoms with Gasteiger partial charge in [0.2, 0.25) is 5.69 Å². The van der Waals surface area contributed by atoms with Crippen molar-refractivity contribution < 1.29 is 34.6 Å². The van der Waals surface area contributed by atoms with Crippen LogP contribution in [0.5, 0.6) is 11.5 Å². The number of benzene rings is 7. The van der Waals surface area contributed by atoms with Gasteiger partial charge in [-0.25, -0.2) is 13.8 Å². The first-order valence-corrected chi connectivity index (χ1v) is 20.2. The second-order valence-corrected chi connectivity index (χ2v) is 16.6. The van der Waals surface area contributed by atoms with Gasteiger partial charge >= 0.3 is 27.1 Å². The van der Waals surface area contributed by atoms with Gasteiger partial charge in [-0.1, -0.05) is 115 Å². The number of hydrogen-bond donors (Lipinski definition) is 0. The first-order valence-electron chi connectivity index (χ1n) is 20.2. The monoisotopic (exact) mass is 993 g/mol. The van der Waals surface area contributed by atoms with Crippen molar-refractivity contribution in [2.75, 3.05) is 0 Å². The minimum absolute atomic E-state index is 0. The van der Waals surface area contributed by atoms with Gasteiger partial charge in [0.15, 0.2) is 0 Å². The molecule has 3 heterocycles. The van der Waals surface area contributed by atoms with Crippen LogP contribution in [0.2, 0.25) is 0 Å². The molecule has 1 aliphatic heterocycles. The molecular weight excluding hydrogens is 954 g/mol. The Morgan fingerprint density at radius 2 is 1.27 bits per heavy atom. The Bertz CT molecular complexity index is 3280. The third-order valence-corrected chi connectivity index (χ3v) is 11.1. The summed E-state index contributed by atoms with van der Waals surface area (Å²) in [7, 11) is 0. The molecule has 0 saturated heterocycles. The summed E-state index contributed by atoms with van der Waals surface area (Å²) in [6.07, 6.45) is 1.87. The fourth-order valence-electron chi connectivity index (χ4n) is 8.35. The van der Waals surface area contributed by atoms with Crippen LogP contribution in [0.1, 0.15) is 37.5 Å². The normalized spacial score (nSPS) is 12.2. The average molecular weight is 994 g/mol. The topological polar surface area (TPSA) is 33.1 Å². The van der Waals surface area contributed by atoms with Gasteiger partial charge < -0.3 is 9.30 Å². The molecule has 7 aromatic carbocycles. The molecule has 0 atom stereocenters. The van der Waals surface area contributed by atoms with E-state index in [0.29, 0.717) is 34.0 Å². The molecule has 0 radical (unpaired) electrons. The summed E-state index contributed by atoms with van der Waals surface area (Å²) in [4.78, 5) is 4.85. The van der Waals surface area contributed by atoms with Crippen molar-refractivity contribution in [3.8, 4) is 39.6 Å². The Labute approximate surface area is 373 Å². The van der Waals surface area contributed by atoms with Crippen LogP contribution in [-0.4, -0.2) is 15.6 Å². The first kappa shape index (κ1) is 40.6. The predicted octanol–water partition coefficient (Wildman–Crippen LogP) is 14.0. The molecule has 62 heavy (non-hydrogen) atoms. The summed E-state index contributed by atoms with van der Waals surface area (Å²) >= 11 is 0. The zero-order valence-corrected chi connectivity index (χ0v) is 37.0. The molecule has 0 aliphatic carbocycles. The van der Waals surface area contributed by atoms with E-state index in [-0.39, 0.29) is 26.5 Å². The number of hydrogen-bond acceptors (Lipinski definition) is 2. The summed E-state index contributed by atoms with van der Waals surface area (Å²) in [6, 6.07) is 57.0. The smallest absolute Gasteiger partial charge is 0.509 e. The van der Waals surface area contributed by atoms with Crippen molar-refractivity contribution in [2.24, 2.45) is 0 Å². The zero-order valence-electron chi connectivity index (χ0n) is 34.7. The molecule has 0 fully saturated rings. The number of rotatable bonds is 7.